The highest BCUT2D eigenvalue weighted by Crippen LogP contribution is 2.19. The standard InChI is InChI=1S/C14H19FN2O/c1-9-3-4-12(8-13(9)15)17-14(18)11-5-6-16-10(2)7-11/h3-4,8,10-11,16H,5-7H2,1-2H3,(H,17,18). The number of piperidine rings is 1. The Morgan fingerprint density at radius 3 is 2.94 bits per heavy atom. The SMILES string of the molecule is Cc1ccc(NC(=O)C2CCNC(C)C2)cc1F. The van der Waals surface area contributed by atoms with E-state index in [1.807, 2.05) is 0 Å². The van der Waals surface area contributed by atoms with Crippen molar-refractivity contribution in [1.82, 2.24) is 5.32 Å². The summed E-state index contributed by atoms with van der Waals surface area (Å²) in [6, 6.07) is 5.15. The van der Waals surface area contributed by atoms with Gasteiger partial charge in [0.1, 0.15) is 5.82 Å². The molecule has 18 heavy (non-hydrogen) atoms. The molecule has 0 radical (unpaired) electrons. The quantitative estimate of drug-likeness (QED) is 0.846. The summed E-state index contributed by atoms with van der Waals surface area (Å²) in [5.74, 6) is -0.274. The van der Waals surface area contributed by atoms with Gasteiger partial charge in [0.25, 0.3) is 0 Å². The van der Waals surface area contributed by atoms with E-state index in [9.17, 15) is 9.18 Å². The number of aryl methyl sites for hydroxylation is 1. The molecule has 1 aliphatic heterocycles. The molecule has 1 fully saturated rings. The van der Waals surface area contributed by atoms with Crippen molar-refractivity contribution in [2.45, 2.75) is 32.7 Å². The second kappa shape index (κ2) is 5.48. The van der Waals surface area contributed by atoms with Crippen molar-refractivity contribution in [1.29, 1.82) is 0 Å². The minimum absolute atomic E-state index is 0.00777. The zero-order valence-electron chi connectivity index (χ0n) is 10.8. The van der Waals surface area contributed by atoms with Crippen LogP contribution in [-0.2, 0) is 4.79 Å². The molecule has 0 bridgehead atoms. The number of halogens is 1. The minimum Gasteiger partial charge on any atom is -0.326 e. The van der Waals surface area contributed by atoms with E-state index >= 15 is 0 Å². The Hall–Kier alpha value is -1.42. The first-order chi connectivity index (χ1) is 8.56. The van der Waals surface area contributed by atoms with Crippen molar-refractivity contribution in [2.24, 2.45) is 5.92 Å². The fourth-order valence-electron chi connectivity index (χ4n) is 2.28. The summed E-state index contributed by atoms with van der Waals surface area (Å²) < 4.78 is 13.4. The lowest BCUT2D eigenvalue weighted by atomic mass is 9.92. The number of benzene rings is 1. The first-order valence-corrected chi connectivity index (χ1v) is 6.36. The summed E-state index contributed by atoms with van der Waals surface area (Å²) in [6.07, 6.45) is 1.67. The normalized spacial score (nSPS) is 23.7. The number of hydrogen-bond acceptors (Lipinski definition) is 2. The van der Waals surface area contributed by atoms with E-state index in [0.717, 1.165) is 19.4 Å². The highest BCUT2D eigenvalue weighted by molar-refractivity contribution is 5.92. The molecule has 0 spiro atoms. The molecular formula is C14H19FN2O. The Kier molecular flexibility index (Phi) is 3.97. The van der Waals surface area contributed by atoms with Crippen molar-refractivity contribution in [3.63, 3.8) is 0 Å². The average molecular weight is 250 g/mol. The Balaban J connectivity index is 2.00. The Labute approximate surface area is 107 Å². The average Bonchev–Trinajstić information content (AvgIpc) is 2.34. The van der Waals surface area contributed by atoms with Gasteiger partial charge in [-0.05, 0) is 50.9 Å². The monoisotopic (exact) mass is 250 g/mol. The summed E-state index contributed by atoms with van der Waals surface area (Å²) in [4.78, 5) is 12.0. The molecule has 2 rings (SSSR count). The van der Waals surface area contributed by atoms with Gasteiger partial charge >= 0.3 is 0 Å². The maximum absolute atomic E-state index is 13.4. The van der Waals surface area contributed by atoms with E-state index < -0.39 is 0 Å². The lowest BCUT2D eigenvalue weighted by molar-refractivity contribution is -0.120. The summed E-state index contributed by atoms with van der Waals surface area (Å²) in [6.45, 7) is 4.64. The molecule has 0 aromatic heterocycles. The van der Waals surface area contributed by atoms with Gasteiger partial charge in [0, 0.05) is 17.6 Å². The second-order valence-corrected chi connectivity index (χ2v) is 5.03. The molecule has 0 aliphatic carbocycles. The van der Waals surface area contributed by atoms with Crippen LogP contribution in [0.25, 0.3) is 0 Å². The maximum Gasteiger partial charge on any atom is 0.227 e. The summed E-state index contributed by atoms with van der Waals surface area (Å²) in [5, 5.41) is 6.10. The van der Waals surface area contributed by atoms with Gasteiger partial charge in [-0.3, -0.25) is 4.79 Å². The molecule has 1 saturated heterocycles. The van der Waals surface area contributed by atoms with Crippen LogP contribution in [0.5, 0.6) is 0 Å². The van der Waals surface area contributed by atoms with Gasteiger partial charge in [0.15, 0.2) is 0 Å². The van der Waals surface area contributed by atoms with E-state index in [2.05, 4.69) is 17.6 Å². The molecule has 2 unspecified atom stereocenters. The minimum atomic E-state index is -0.286. The lowest BCUT2D eigenvalue weighted by Crippen LogP contribution is -2.40. The molecule has 1 heterocycles. The van der Waals surface area contributed by atoms with Crippen LogP contribution in [0, 0.1) is 18.7 Å². The molecule has 1 aromatic rings. The number of anilines is 1. The third-order valence-corrected chi connectivity index (χ3v) is 3.43. The van der Waals surface area contributed by atoms with Crippen LogP contribution in [0.1, 0.15) is 25.3 Å². The molecule has 1 aromatic carbocycles. The van der Waals surface area contributed by atoms with Crippen LogP contribution in [-0.4, -0.2) is 18.5 Å². The number of hydrogen-bond donors (Lipinski definition) is 2. The van der Waals surface area contributed by atoms with Gasteiger partial charge in [0.05, 0.1) is 0 Å². The van der Waals surface area contributed by atoms with Gasteiger partial charge in [-0.1, -0.05) is 6.07 Å². The molecule has 1 amide bonds. The highest BCUT2D eigenvalue weighted by atomic mass is 19.1. The van der Waals surface area contributed by atoms with E-state index in [4.69, 9.17) is 0 Å². The van der Waals surface area contributed by atoms with E-state index in [1.54, 1.807) is 19.1 Å². The number of carbonyl (C=O) groups excluding carboxylic acids is 1. The lowest BCUT2D eigenvalue weighted by Gasteiger charge is -2.27. The number of amides is 1. The Morgan fingerprint density at radius 2 is 2.28 bits per heavy atom. The van der Waals surface area contributed by atoms with Crippen LogP contribution in [0.15, 0.2) is 18.2 Å². The Bertz CT molecular complexity index is 447. The van der Waals surface area contributed by atoms with Crippen LogP contribution >= 0.6 is 0 Å². The molecular weight excluding hydrogens is 231 g/mol. The summed E-state index contributed by atoms with van der Waals surface area (Å²) in [7, 11) is 0. The van der Waals surface area contributed by atoms with Gasteiger partial charge in [-0.25, -0.2) is 4.39 Å². The zero-order valence-corrected chi connectivity index (χ0v) is 10.8. The van der Waals surface area contributed by atoms with E-state index in [1.165, 1.54) is 6.07 Å². The summed E-state index contributed by atoms with van der Waals surface area (Å²) >= 11 is 0. The number of rotatable bonds is 2. The second-order valence-electron chi connectivity index (χ2n) is 5.03. The molecule has 4 heteroatoms. The van der Waals surface area contributed by atoms with Crippen LogP contribution in [0.3, 0.4) is 0 Å². The maximum atomic E-state index is 13.4. The predicted molar refractivity (Wildman–Crippen MR) is 70.0 cm³/mol. The van der Waals surface area contributed by atoms with E-state index in [0.29, 0.717) is 17.3 Å². The fraction of sp³-hybridized carbons (Fsp3) is 0.500. The van der Waals surface area contributed by atoms with Crippen molar-refractivity contribution in [3.8, 4) is 0 Å². The Morgan fingerprint density at radius 1 is 1.50 bits per heavy atom. The number of nitrogens with one attached hydrogen (secondary N) is 2. The van der Waals surface area contributed by atoms with Gasteiger partial charge in [0.2, 0.25) is 5.91 Å². The summed E-state index contributed by atoms with van der Waals surface area (Å²) in [5.41, 5.74) is 1.12. The third-order valence-electron chi connectivity index (χ3n) is 3.43. The first kappa shape index (κ1) is 13.0. The van der Waals surface area contributed by atoms with Gasteiger partial charge in [-0.2, -0.15) is 0 Å². The molecule has 2 N–H and O–H groups in total. The van der Waals surface area contributed by atoms with Gasteiger partial charge in [-0.15, -0.1) is 0 Å². The highest BCUT2D eigenvalue weighted by Gasteiger charge is 2.24. The van der Waals surface area contributed by atoms with Crippen molar-refractivity contribution < 1.29 is 9.18 Å². The molecule has 98 valence electrons. The molecule has 2 atom stereocenters. The first-order valence-electron chi connectivity index (χ1n) is 6.36. The smallest absolute Gasteiger partial charge is 0.227 e. The topological polar surface area (TPSA) is 41.1 Å². The molecule has 0 saturated carbocycles. The van der Waals surface area contributed by atoms with Crippen LogP contribution in [0.2, 0.25) is 0 Å². The van der Waals surface area contributed by atoms with Crippen molar-refractivity contribution >= 4 is 11.6 Å². The largest absolute Gasteiger partial charge is 0.326 e. The van der Waals surface area contributed by atoms with E-state index in [-0.39, 0.29) is 17.6 Å². The van der Waals surface area contributed by atoms with Crippen molar-refractivity contribution in [2.75, 3.05) is 11.9 Å². The van der Waals surface area contributed by atoms with Crippen LogP contribution in [0.4, 0.5) is 10.1 Å². The predicted octanol–water partition coefficient (Wildman–Crippen LogP) is 2.46. The van der Waals surface area contributed by atoms with Gasteiger partial charge < -0.3 is 10.6 Å². The van der Waals surface area contributed by atoms with Crippen LogP contribution < -0.4 is 10.6 Å². The third kappa shape index (κ3) is 3.07. The van der Waals surface area contributed by atoms with Crippen molar-refractivity contribution in [3.05, 3.63) is 29.6 Å². The number of carbonyl (C=O) groups is 1. The fourth-order valence-corrected chi connectivity index (χ4v) is 2.28. The molecule has 1 aliphatic rings. The molecule has 3 nitrogen and oxygen atoms in total. The zero-order chi connectivity index (χ0) is 13.1.